The van der Waals surface area contributed by atoms with Crippen LogP contribution in [-0.4, -0.2) is 11.6 Å². The monoisotopic (exact) mass is 316 g/mol. The molecule has 0 saturated heterocycles. The Morgan fingerprint density at radius 3 is 1.35 bits per heavy atom. The standard InChI is InChI=1S/C21H32O2/c1-18(2)14-7-9-20(18,5)16(22)12(14)11-13-15-8-10-21(6,17(13)23)19(15,3)4/h12-15H,7-11H2,1-6H3/t12-,13-,14+,15+,20-,21+/m1/s1. The summed E-state index contributed by atoms with van der Waals surface area (Å²) >= 11 is 0. The minimum Gasteiger partial charge on any atom is -0.299 e. The molecule has 0 N–H and O–H groups in total. The summed E-state index contributed by atoms with van der Waals surface area (Å²) in [6, 6.07) is 0. The van der Waals surface area contributed by atoms with E-state index in [0.717, 1.165) is 19.3 Å². The second-order valence-corrected chi connectivity index (χ2v) is 10.6. The maximum Gasteiger partial charge on any atom is 0.142 e. The molecule has 4 aliphatic carbocycles. The first-order chi connectivity index (χ1) is 10.5. The van der Waals surface area contributed by atoms with Crippen molar-refractivity contribution in [2.75, 3.05) is 0 Å². The van der Waals surface area contributed by atoms with E-state index in [9.17, 15) is 9.59 Å². The number of Topliss-reactive ketones (excluding diaryl/α,β-unsaturated/α-hetero) is 2. The van der Waals surface area contributed by atoms with Gasteiger partial charge in [0, 0.05) is 22.7 Å². The molecule has 4 rings (SSSR count). The highest BCUT2D eigenvalue weighted by atomic mass is 16.1. The number of rotatable bonds is 2. The minimum absolute atomic E-state index is 0.106. The van der Waals surface area contributed by atoms with E-state index in [2.05, 4.69) is 41.5 Å². The van der Waals surface area contributed by atoms with Gasteiger partial charge in [0.1, 0.15) is 11.6 Å². The highest BCUT2D eigenvalue weighted by Gasteiger charge is 2.70. The van der Waals surface area contributed by atoms with Crippen LogP contribution < -0.4 is 0 Å². The molecular formula is C21H32O2. The Kier molecular flexibility index (Phi) is 2.83. The average Bonchev–Trinajstić information content (AvgIpc) is 2.93. The molecule has 0 aromatic rings. The third-order valence-electron chi connectivity index (χ3n) is 9.85. The lowest BCUT2D eigenvalue weighted by Crippen LogP contribution is -2.36. The van der Waals surface area contributed by atoms with E-state index < -0.39 is 0 Å². The Labute approximate surface area is 140 Å². The van der Waals surface area contributed by atoms with E-state index >= 15 is 0 Å². The molecule has 0 amide bonds. The highest BCUT2D eigenvalue weighted by Crippen LogP contribution is 2.70. The Balaban J connectivity index is 1.64. The third kappa shape index (κ3) is 1.48. The van der Waals surface area contributed by atoms with Crippen molar-refractivity contribution in [3.63, 3.8) is 0 Å². The molecular weight excluding hydrogens is 284 g/mol. The van der Waals surface area contributed by atoms with Gasteiger partial charge in [-0.05, 0) is 54.8 Å². The van der Waals surface area contributed by atoms with Crippen LogP contribution in [0.5, 0.6) is 0 Å². The topological polar surface area (TPSA) is 34.1 Å². The number of fused-ring (bicyclic) bond motifs is 4. The highest BCUT2D eigenvalue weighted by molar-refractivity contribution is 5.94. The van der Waals surface area contributed by atoms with Gasteiger partial charge in [0.05, 0.1) is 0 Å². The van der Waals surface area contributed by atoms with Gasteiger partial charge in [0.15, 0.2) is 0 Å². The molecule has 0 spiro atoms. The first kappa shape index (κ1) is 15.8. The van der Waals surface area contributed by atoms with Crippen molar-refractivity contribution in [1.82, 2.24) is 0 Å². The molecule has 23 heavy (non-hydrogen) atoms. The lowest BCUT2D eigenvalue weighted by Gasteiger charge is -2.32. The first-order valence-corrected chi connectivity index (χ1v) is 9.57. The Morgan fingerprint density at radius 1 is 0.739 bits per heavy atom. The number of carbonyl (C=O) groups excluding carboxylic acids is 2. The fourth-order valence-corrected chi connectivity index (χ4v) is 7.36. The average molecular weight is 316 g/mol. The number of ketones is 2. The summed E-state index contributed by atoms with van der Waals surface area (Å²) in [5.41, 5.74) is -0.0888. The molecule has 4 fully saturated rings. The van der Waals surface area contributed by atoms with Gasteiger partial charge in [-0.1, -0.05) is 41.5 Å². The molecule has 6 atom stereocenters. The summed E-state index contributed by atoms with van der Waals surface area (Å²) in [4.78, 5) is 26.3. The van der Waals surface area contributed by atoms with Crippen molar-refractivity contribution in [3.05, 3.63) is 0 Å². The SMILES string of the molecule is CC1(C)[C@H]2CC[C@@]1(C)C(=O)[C@@H]2C[C@H]1C(=O)[C@@]2(C)CC[C@@H]1C2(C)C. The van der Waals surface area contributed by atoms with E-state index in [0.29, 0.717) is 23.4 Å². The summed E-state index contributed by atoms with van der Waals surface area (Å²) in [6.45, 7) is 13.5. The Hall–Kier alpha value is -0.660. The molecule has 0 radical (unpaired) electrons. The third-order valence-corrected chi connectivity index (χ3v) is 9.85. The zero-order chi connectivity index (χ0) is 17.0. The second-order valence-electron chi connectivity index (χ2n) is 10.6. The van der Waals surface area contributed by atoms with Gasteiger partial charge in [0.25, 0.3) is 0 Å². The zero-order valence-electron chi connectivity index (χ0n) is 15.7. The van der Waals surface area contributed by atoms with Crippen molar-refractivity contribution in [2.24, 2.45) is 45.3 Å². The fourth-order valence-electron chi connectivity index (χ4n) is 7.36. The van der Waals surface area contributed by atoms with Gasteiger partial charge >= 0.3 is 0 Å². The zero-order valence-corrected chi connectivity index (χ0v) is 15.7. The molecule has 0 unspecified atom stereocenters. The largest absolute Gasteiger partial charge is 0.299 e. The smallest absolute Gasteiger partial charge is 0.142 e. The van der Waals surface area contributed by atoms with Crippen LogP contribution in [0.25, 0.3) is 0 Å². The van der Waals surface area contributed by atoms with Crippen LogP contribution >= 0.6 is 0 Å². The van der Waals surface area contributed by atoms with Crippen LogP contribution in [0.3, 0.4) is 0 Å². The van der Waals surface area contributed by atoms with E-state index in [1.165, 1.54) is 12.8 Å². The first-order valence-electron chi connectivity index (χ1n) is 9.57. The fraction of sp³-hybridized carbons (Fsp3) is 0.905. The van der Waals surface area contributed by atoms with Crippen LogP contribution in [0.1, 0.15) is 73.6 Å². The van der Waals surface area contributed by atoms with E-state index in [1.807, 2.05) is 0 Å². The normalized spacial score (nSPS) is 52.6. The Morgan fingerprint density at radius 2 is 1.09 bits per heavy atom. The van der Waals surface area contributed by atoms with Gasteiger partial charge in [0.2, 0.25) is 0 Å². The second kappa shape index (κ2) is 4.11. The van der Waals surface area contributed by atoms with Crippen molar-refractivity contribution in [3.8, 4) is 0 Å². The van der Waals surface area contributed by atoms with Gasteiger partial charge < -0.3 is 0 Å². The molecule has 2 nitrogen and oxygen atoms in total. The van der Waals surface area contributed by atoms with E-state index in [-0.39, 0.29) is 33.5 Å². The maximum atomic E-state index is 13.1. The number of carbonyl (C=O) groups is 2. The molecule has 0 aliphatic heterocycles. The van der Waals surface area contributed by atoms with Gasteiger partial charge in [-0.2, -0.15) is 0 Å². The van der Waals surface area contributed by atoms with Crippen LogP contribution in [0.2, 0.25) is 0 Å². The van der Waals surface area contributed by atoms with Gasteiger partial charge in [-0.3, -0.25) is 9.59 Å². The predicted octanol–water partition coefficient (Wildman–Crippen LogP) is 4.66. The molecule has 0 heterocycles. The van der Waals surface area contributed by atoms with Gasteiger partial charge in [-0.25, -0.2) is 0 Å². The van der Waals surface area contributed by atoms with Crippen LogP contribution in [0.4, 0.5) is 0 Å². The predicted molar refractivity (Wildman–Crippen MR) is 90.8 cm³/mol. The van der Waals surface area contributed by atoms with E-state index in [4.69, 9.17) is 0 Å². The lowest BCUT2D eigenvalue weighted by atomic mass is 9.70. The van der Waals surface area contributed by atoms with Crippen molar-refractivity contribution in [2.45, 2.75) is 73.6 Å². The van der Waals surface area contributed by atoms with Crippen molar-refractivity contribution in [1.29, 1.82) is 0 Å². The van der Waals surface area contributed by atoms with Crippen LogP contribution in [-0.2, 0) is 9.59 Å². The van der Waals surface area contributed by atoms with Crippen LogP contribution in [0.15, 0.2) is 0 Å². The summed E-state index contributed by atoms with van der Waals surface area (Å²) < 4.78 is 0. The molecule has 4 aliphatic rings. The molecule has 4 saturated carbocycles. The summed E-state index contributed by atoms with van der Waals surface area (Å²) in [5, 5.41) is 0. The number of hydrogen-bond acceptors (Lipinski definition) is 2. The van der Waals surface area contributed by atoms with Crippen molar-refractivity contribution < 1.29 is 9.59 Å². The molecule has 4 bridgehead atoms. The molecule has 0 aromatic carbocycles. The van der Waals surface area contributed by atoms with Crippen LogP contribution in [0, 0.1) is 45.3 Å². The minimum atomic E-state index is -0.150. The maximum absolute atomic E-state index is 13.1. The van der Waals surface area contributed by atoms with Crippen molar-refractivity contribution >= 4 is 11.6 Å². The van der Waals surface area contributed by atoms with Gasteiger partial charge in [-0.15, -0.1) is 0 Å². The molecule has 128 valence electrons. The summed E-state index contributed by atoms with van der Waals surface area (Å²) in [6.07, 6.45) is 5.28. The quantitative estimate of drug-likeness (QED) is 0.742. The molecule has 0 aromatic heterocycles. The van der Waals surface area contributed by atoms with E-state index in [1.54, 1.807) is 0 Å². The molecule has 2 heteroatoms. The summed E-state index contributed by atoms with van der Waals surface area (Å²) in [7, 11) is 0. The lowest BCUT2D eigenvalue weighted by molar-refractivity contribution is -0.134. The summed E-state index contributed by atoms with van der Waals surface area (Å²) in [5.74, 6) is 2.19. The number of hydrogen-bond donors (Lipinski definition) is 0. The Bertz CT molecular complexity index is 549.